The summed E-state index contributed by atoms with van der Waals surface area (Å²) in [4.78, 5) is 23.5. The van der Waals surface area contributed by atoms with E-state index in [1.54, 1.807) is 12.2 Å². The highest BCUT2D eigenvalue weighted by Crippen LogP contribution is 2.41. The van der Waals surface area contributed by atoms with E-state index < -0.39 is 0 Å². The van der Waals surface area contributed by atoms with Crippen LogP contribution in [-0.2, 0) is 15.1 Å². The third-order valence-electron chi connectivity index (χ3n) is 4.60. The molecule has 0 heterocycles. The topological polar surface area (TPSA) is 58.2 Å². The summed E-state index contributed by atoms with van der Waals surface area (Å²) >= 11 is 3.50. The van der Waals surface area contributed by atoms with Crippen LogP contribution in [-0.4, -0.2) is 11.8 Å². The Hall–Kier alpha value is -2.40. The van der Waals surface area contributed by atoms with Crippen molar-refractivity contribution in [2.75, 3.05) is 5.32 Å². The fraction of sp³-hybridized carbons (Fsp3) is 0.238. The normalized spacial score (nSPS) is 15.3. The quantitative estimate of drug-likeness (QED) is 0.703. The van der Waals surface area contributed by atoms with Crippen LogP contribution in [0.5, 0.6) is 0 Å². The Kier molecular flexibility index (Phi) is 5.57. The van der Waals surface area contributed by atoms with Crippen molar-refractivity contribution in [2.24, 2.45) is 0 Å². The molecule has 0 spiro atoms. The maximum atomic E-state index is 12.4. The number of hydrogen-bond acceptors (Lipinski definition) is 2. The summed E-state index contributed by atoms with van der Waals surface area (Å²) in [5, 5.41) is 5.90. The Morgan fingerprint density at radius 3 is 2.42 bits per heavy atom. The molecule has 0 unspecified atom stereocenters. The largest absolute Gasteiger partial charge is 0.343 e. The van der Waals surface area contributed by atoms with Crippen molar-refractivity contribution in [3.8, 4) is 0 Å². The molecule has 1 fully saturated rings. The summed E-state index contributed by atoms with van der Waals surface area (Å²) in [6.45, 7) is 1.47. The van der Waals surface area contributed by atoms with E-state index >= 15 is 0 Å². The molecule has 0 saturated heterocycles. The van der Waals surface area contributed by atoms with Crippen LogP contribution < -0.4 is 10.6 Å². The van der Waals surface area contributed by atoms with Gasteiger partial charge < -0.3 is 10.6 Å². The number of amides is 2. The molecule has 2 amide bonds. The number of rotatable bonds is 5. The summed E-state index contributed by atoms with van der Waals surface area (Å²) < 4.78 is 1.02. The molecule has 4 nitrogen and oxygen atoms in total. The molecule has 0 atom stereocenters. The van der Waals surface area contributed by atoms with E-state index in [1.807, 2.05) is 36.4 Å². The number of anilines is 1. The maximum Gasteiger partial charge on any atom is 0.244 e. The Balaban J connectivity index is 1.66. The van der Waals surface area contributed by atoms with Crippen molar-refractivity contribution in [1.82, 2.24) is 5.32 Å². The first-order valence-electron chi connectivity index (χ1n) is 8.61. The first-order chi connectivity index (χ1) is 12.5. The molecule has 2 N–H and O–H groups in total. The minimum absolute atomic E-state index is 0.101. The zero-order chi connectivity index (χ0) is 18.6. The average molecular weight is 413 g/mol. The van der Waals surface area contributed by atoms with Gasteiger partial charge >= 0.3 is 0 Å². The SMILES string of the molecule is CC(=O)Nc1ccc(C=CC(=O)NC2(c3cccc(Br)c3)CCC2)cc1. The second kappa shape index (κ2) is 7.87. The molecular weight excluding hydrogens is 392 g/mol. The number of benzene rings is 2. The Bertz CT molecular complexity index is 839. The van der Waals surface area contributed by atoms with Crippen molar-refractivity contribution in [1.29, 1.82) is 0 Å². The zero-order valence-electron chi connectivity index (χ0n) is 14.6. The van der Waals surface area contributed by atoms with Crippen LogP contribution in [0, 0.1) is 0 Å². The van der Waals surface area contributed by atoms with Gasteiger partial charge in [0, 0.05) is 23.2 Å². The van der Waals surface area contributed by atoms with Crippen molar-refractivity contribution < 1.29 is 9.59 Å². The first kappa shape index (κ1) is 18.4. The minimum atomic E-state index is -0.263. The van der Waals surface area contributed by atoms with Gasteiger partial charge in [-0.15, -0.1) is 0 Å². The molecule has 2 aromatic carbocycles. The third-order valence-corrected chi connectivity index (χ3v) is 5.10. The van der Waals surface area contributed by atoms with E-state index in [2.05, 4.69) is 38.7 Å². The Labute approximate surface area is 161 Å². The average Bonchev–Trinajstić information content (AvgIpc) is 2.57. The van der Waals surface area contributed by atoms with Crippen molar-refractivity contribution >= 4 is 39.5 Å². The van der Waals surface area contributed by atoms with Gasteiger partial charge in [-0.1, -0.05) is 40.2 Å². The van der Waals surface area contributed by atoms with E-state index in [0.717, 1.165) is 40.5 Å². The minimum Gasteiger partial charge on any atom is -0.343 e. The molecule has 3 rings (SSSR count). The lowest BCUT2D eigenvalue weighted by Crippen LogP contribution is -2.50. The lowest BCUT2D eigenvalue weighted by atomic mass is 9.72. The van der Waals surface area contributed by atoms with E-state index in [-0.39, 0.29) is 17.4 Å². The summed E-state index contributed by atoms with van der Waals surface area (Å²) in [6, 6.07) is 15.5. The first-order valence-corrected chi connectivity index (χ1v) is 9.40. The van der Waals surface area contributed by atoms with Gasteiger partial charge in [-0.25, -0.2) is 0 Å². The van der Waals surface area contributed by atoms with Crippen LogP contribution in [0.3, 0.4) is 0 Å². The van der Waals surface area contributed by atoms with Gasteiger partial charge in [0.05, 0.1) is 5.54 Å². The van der Waals surface area contributed by atoms with Crippen LogP contribution >= 0.6 is 15.9 Å². The van der Waals surface area contributed by atoms with E-state index in [4.69, 9.17) is 0 Å². The number of halogens is 1. The Morgan fingerprint density at radius 1 is 1.12 bits per heavy atom. The summed E-state index contributed by atoms with van der Waals surface area (Å²) in [5.74, 6) is -0.207. The molecule has 0 aliphatic heterocycles. The van der Waals surface area contributed by atoms with E-state index in [0.29, 0.717) is 0 Å². The summed E-state index contributed by atoms with van der Waals surface area (Å²) in [5.41, 5.74) is 2.52. The van der Waals surface area contributed by atoms with Crippen LogP contribution in [0.4, 0.5) is 5.69 Å². The van der Waals surface area contributed by atoms with E-state index in [1.165, 1.54) is 6.92 Å². The molecule has 26 heavy (non-hydrogen) atoms. The van der Waals surface area contributed by atoms with Crippen LogP contribution in [0.25, 0.3) is 6.08 Å². The fourth-order valence-electron chi connectivity index (χ4n) is 3.13. The molecule has 0 aromatic heterocycles. The second-order valence-electron chi connectivity index (χ2n) is 6.57. The second-order valence-corrected chi connectivity index (χ2v) is 7.49. The molecule has 1 saturated carbocycles. The van der Waals surface area contributed by atoms with Crippen LogP contribution in [0.15, 0.2) is 59.1 Å². The lowest BCUT2D eigenvalue weighted by Gasteiger charge is -2.43. The monoisotopic (exact) mass is 412 g/mol. The molecule has 0 bridgehead atoms. The number of carbonyl (C=O) groups is 2. The Morgan fingerprint density at radius 2 is 1.85 bits per heavy atom. The summed E-state index contributed by atoms with van der Waals surface area (Å²) in [6.07, 6.45) is 6.36. The third kappa shape index (κ3) is 4.41. The predicted molar refractivity (Wildman–Crippen MR) is 108 cm³/mol. The van der Waals surface area contributed by atoms with Gasteiger partial charge in [-0.05, 0) is 60.7 Å². The lowest BCUT2D eigenvalue weighted by molar-refractivity contribution is -0.119. The van der Waals surface area contributed by atoms with Crippen molar-refractivity contribution in [3.05, 3.63) is 70.2 Å². The highest BCUT2D eigenvalue weighted by molar-refractivity contribution is 9.10. The smallest absolute Gasteiger partial charge is 0.244 e. The van der Waals surface area contributed by atoms with E-state index in [9.17, 15) is 9.59 Å². The molecule has 0 radical (unpaired) electrons. The highest BCUT2D eigenvalue weighted by atomic mass is 79.9. The number of carbonyl (C=O) groups excluding carboxylic acids is 2. The molecule has 134 valence electrons. The number of hydrogen-bond donors (Lipinski definition) is 2. The number of nitrogens with one attached hydrogen (secondary N) is 2. The van der Waals surface area contributed by atoms with Crippen LogP contribution in [0.2, 0.25) is 0 Å². The molecule has 5 heteroatoms. The standard InChI is InChI=1S/C21H21BrN2O2/c1-15(25)23-19-9-6-16(7-10-19)8-11-20(26)24-21(12-3-13-21)17-4-2-5-18(22)14-17/h2,4-11,14H,3,12-13H2,1H3,(H,23,25)(H,24,26). The highest BCUT2D eigenvalue weighted by Gasteiger charge is 2.39. The summed E-state index contributed by atoms with van der Waals surface area (Å²) in [7, 11) is 0. The van der Waals surface area contributed by atoms with Gasteiger partial charge in [-0.3, -0.25) is 9.59 Å². The molecule has 1 aliphatic rings. The van der Waals surface area contributed by atoms with Crippen molar-refractivity contribution in [3.63, 3.8) is 0 Å². The van der Waals surface area contributed by atoms with Gasteiger partial charge in [0.2, 0.25) is 11.8 Å². The molecular formula is C21H21BrN2O2. The van der Waals surface area contributed by atoms with Gasteiger partial charge in [0.25, 0.3) is 0 Å². The zero-order valence-corrected chi connectivity index (χ0v) is 16.2. The van der Waals surface area contributed by atoms with Crippen molar-refractivity contribution in [2.45, 2.75) is 31.7 Å². The van der Waals surface area contributed by atoms with Crippen LogP contribution in [0.1, 0.15) is 37.3 Å². The molecule has 1 aliphatic carbocycles. The van der Waals surface area contributed by atoms with Gasteiger partial charge in [0.15, 0.2) is 0 Å². The van der Waals surface area contributed by atoms with Gasteiger partial charge in [-0.2, -0.15) is 0 Å². The molecule has 2 aromatic rings. The maximum absolute atomic E-state index is 12.4. The van der Waals surface area contributed by atoms with Gasteiger partial charge in [0.1, 0.15) is 0 Å². The predicted octanol–water partition coefficient (Wildman–Crippen LogP) is 4.62. The fourth-order valence-corrected chi connectivity index (χ4v) is 3.53.